The van der Waals surface area contributed by atoms with Crippen molar-refractivity contribution in [2.24, 2.45) is 5.92 Å². The summed E-state index contributed by atoms with van der Waals surface area (Å²) in [5, 5.41) is 12.7. The number of nitrogens with one attached hydrogen (secondary N) is 1. The Kier molecular flexibility index (Phi) is 3.42. The van der Waals surface area contributed by atoms with Crippen molar-refractivity contribution in [3.8, 4) is 0 Å². The number of hydrogen-bond acceptors (Lipinski definition) is 7. The quantitative estimate of drug-likeness (QED) is 0.765. The Hall–Kier alpha value is -1.93. The molecular weight excluding hydrogens is 272 g/mol. The molecule has 1 fully saturated rings. The average Bonchev–Trinajstić information content (AvgIpc) is 3.01. The molecule has 4 unspecified atom stereocenters. The molecule has 0 aliphatic carbocycles. The highest BCUT2D eigenvalue weighted by atomic mass is 16.5. The van der Waals surface area contributed by atoms with E-state index >= 15 is 0 Å². The van der Waals surface area contributed by atoms with Crippen molar-refractivity contribution in [3.63, 3.8) is 0 Å². The molecule has 21 heavy (non-hydrogen) atoms. The van der Waals surface area contributed by atoms with Crippen molar-refractivity contribution in [3.05, 3.63) is 6.33 Å². The number of aliphatic hydroxyl groups excluding tert-OH is 1. The van der Waals surface area contributed by atoms with Crippen LogP contribution in [0.4, 0.5) is 11.8 Å². The molecule has 0 radical (unpaired) electrons. The van der Waals surface area contributed by atoms with Crippen LogP contribution in [0.3, 0.4) is 0 Å². The molecule has 1 aliphatic heterocycles. The maximum Gasteiger partial charge on any atom is 0.224 e. The van der Waals surface area contributed by atoms with Crippen LogP contribution in [0.1, 0.15) is 26.5 Å². The van der Waals surface area contributed by atoms with E-state index in [0.29, 0.717) is 17.0 Å². The molecular formula is C13H20N6O2. The fourth-order valence-corrected chi connectivity index (χ4v) is 2.80. The summed E-state index contributed by atoms with van der Waals surface area (Å²) in [4.78, 5) is 12.8. The number of hydrogen-bond donors (Lipinski definition) is 3. The van der Waals surface area contributed by atoms with Crippen LogP contribution >= 0.6 is 0 Å². The van der Waals surface area contributed by atoms with Crippen molar-refractivity contribution >= 4 is 22.9 Å². The smallest absolute Gasteiger partial charge is 0.224 e. The number of rotatable bonds is 3. The summed E-state index contributed by atoms with van der Waals surface area (Å²) in [6.45, 7) is 3.83. The summed E-state index contributed by atoms with van der Waals surface area (Å²) in [6, 6.07) is 0. The maximum absolute atomic E-state index is 9.72. The number of aromatic nitrogens is 4. The van der Waals surface area contributed by atoms with E-state index in [1.807, 2.05) is 4.57 Å². The van der Waals surface area contributed by atoms with Gasteiger partial charge in [-0.1, -0.05) is 6.92 Å². The number of nitrogen functional groups attached to an aromatic ring is 1. The SMILES string of the molecule is CNc1nc(N)nc2c1ncn2C1OC(C(C)O)CC1C. The Morgan fingerprint density at radius 1 is 1.52 bits per heavy atom. The lowest BCUT2D eigenvalue weighted by Gasteiger charge is -2.18. The van der Waals surface area contributed by atoms with E-state index in [9.17, 15) is 5.11 Å². The standard InChI is InChI=1S/C13H20N6O2/c1-6-4-8(7(2)20)21-12(6)19-5-16-9-10(15-3)17-13(14)18-11(9)19/h5-8,12,20H,4H2,1-3H3,(H3,14,15,17,18). The van der Waals surface area contributed by atoms with Gasteiger partial charge in [0.1, 0.15) is 6.23 Å². The lowest BCUT2D eigenvalue weighted by molar-refractivity contribution is -0.0573. The summed E-state index contributed by atoms with van der Waals surface area (Å²) in [5.74, 6) is 1.02. The Morgan fingerprint density at radius 3 is 2.90 bits per heavy atom. The third-order valence-electron chi connectivity index (χ3n) is 3.89. The number of aliphatic hydroxyl groups is 1. The van der Waals surface area contributed by atoms with Crippen LogP contribution < -0.4 is 11.1 Å². The molecule has 0 aromatic carbocycles. The zero-order chi connectivity index (χ0) is 15.1. The molecule has 4 atom stereocenters. The van der Waals surface area contributed by atoms with Crippen LogP contribution in [0.2, 0.25) is 0 Å². The van der Waals surface area contributed by atoms with Gasteiger partial charge >= 0.3 is 0 Å². The summed E-state index contributed by atoms with van der Waals surface area (Å²) in [6.07, 6.45) is 1.59. The molecule has 3 heterocycles. The summed E-state index contributed by atoms with van der Waals surface area (Å²) in [5.41, 5.74) is 7.04. The third kappa shape index (κ3) is 2.30. The minimum absolute atomic E-state index is 0.176. The molecule has 2 aromatic heterocycles. The Morgan fingerprint density at radius 2 is 2.29 bits per heavy atom. The van der Waals surface area contributed by atoms with Gasteiger partial charge in [-0.15, -0.1) is 0 Å². The molecule has 1 saturated heterocycles. The largest absolute Gasteiger partial charge is 0.391 e. The monoisotopic (exact) mass is 292 g/mol. The second-order valence-corrected chi connectivity index (χ2v) is 5.52. The van der Waals surface area contributed by atoms with Crippen molar-refractivity contribution < 1.29 is 9.84 Å². The van der Waals surface area contributed by atoms with Gasteiger partial charge < -0.3 is 20.9 Å². The molecule has 8 heteroatoms. The summed E-state index contributed by atoms with van der Waals surface area (Å²) >= 11 is 0. The van der Waals surface area contributed by atoms with Gasteiger partial charge in [-0.25, -0.2) is 4.98 Å². The molecule has 0 saturated carbocycles. The molecule has 0 spiro atoms. The number of nitrogens with two attached hydrogens (primary N) is 1. The van der Waals surface area contributed by atoms with Crippen molar-refractivity contribution in [2.75, 3.05) is 18.1 Å². The summed E-state index contributed by atoms with van der Waals surface area (Å²) in [7, 11) is 1.76. The maximum atomic E-state index is 9.72. The normalized spacial score (nSPS) is 27.1. The van der Waals surface area contributed by atoms with Crippen LogP contribution in [0.5, 0.6) is 0 Å². The van der Waals surface area contributed by atoms with E-state index in [0.717, 1.165) is 6.42 Å². The predicted octanol–water partition coefficient (Wildman–Crippen LogP) is 0.755. The van der Waals surface area contributed by atoms with Gasteiger partial charge in [0, 0.05) is 13.0 Å². The van der Waals surface area contributed by atoms with Gasteiger partial charge in [0.05, 0.1) is 18.5 Å². The first kappa shape index (κ1) is 14.0. The highest BCUT2D eigenvalue weighted by Crippen LogP contribution is 2.37. The number of nitrogens with zero attached hydrogens (tertiary/aromatic N) is 4. The van der Waals surface area contributed by atoms with Gasteiger partial charge in [0.15, 0.2) is 17.0 Å². The van der Waals surface area contributed by atoms with Crippen molar-refractivity contribution in [1.29, 1.82) is 0 Å². The first-order chi connectivity index (χ1) is 10.0. The minimum Gasteiger partial charge on any atom is -0.391 e. The van der Waals surface area contributed by atoms with Crippen LogP contribution in [-0.2, 0) is 4.74 Å². The lowest BCUT2D eigenvalue weighted by atomic mass is 10.0. The zero-order valence-electron chi connectivity index (χ0n) is 12.3. The van der Waals surface area contributed by atoms with Crippen LogP contribution in [0, 0.1) is 5.92 Å². The zero-order valence-corrected chi connectivity index (χ0v) is 12.3. The van der Waals surface area contributed by atoms with Gasteiger partial charge in [-0.05, 0) is 13.3 Å². The summed E-state index contributed by atoms with van der Waals surface area (Å²) < 4.78 is 7.81. The van der Waals surface area contributed by atoms with E-state index in [1.54, 1.807) is 20.3 Å². The molecule has 0 bridgehead atoms. The van der Waals surface area contributed by atoms with Gasteiger partial charge in [0.25, 0.3) is 0 Å². The minimum atomic E-state index is -0.500. The lowest BCUT2D eigenvalue weighted by Crippen LogP contribution is -2.22. The third-order valence-corrected chi connectivity index (χ3v) is 3.89. The number of imidazole rings is 1. The fourth-order valence-electron chi connectivity index (χ4n) is 2.80. The first-order valence-corrected chi connectivity index (χ1v) is 7.02. The first-order valence-electron chi connectivity index (χ1n) is 7.02. The van der Waals surface area contributed by atoms with E-state index in [2.05, 4.69) is 27.2 Å². The second kappa shape index (κ2) is 5.12. The van der Waals surface area contributed by atoms with Crippen LogP contribution in [-0.4, -0.2) is 43.9 Å². The van der Waals surface area contributed by atoms with Gasteiger partial charge in [-0.2, -0.15) is 9.97 Å². The average molecular weight is 292 g/mol. The van der Waals surface area contributed by atoms with E-state index in [4.69, 9.17) is 10.5 Å². The number of ether oxygens (including phenoxy) is 1. The number of fused-ring (bicyclic) bond motifs is 1. The molecule has 3 rings (SSSR count). The van der Waals surface area contributed by atoms with E-state index in [-0.39, 0.29) is 24.2 Å². The van der Waals surface area contributed by atoms with E-state index in [1.165, 1.54) is 0 Å². The van der Waals surface area contributed by atoms with E-state index < -0.39 is 6.10 Å². The molecule has 0 amide bonds. The molecule has 2 aromatic rings. The number of anilines is 2. The van der Waals surface area contributed by atoms with Gasteiger partial charge in [-0.3, -0.25) is 4.57 Å². The highest BCUT2D eigenvalue weighted by Gasteiger charge is 2.36. The Balaban J connectivity index is 2.03. The fraction of sp³-hybridized carbons (Fsp3) is 0.615. The van der Waals surface area contributed by atoms with Crippen LogP contribution in [0.15, 0.2) is 6.33 Å². The highest BCUT2D eigenvalue weighted by molar-refractivity contribution is 5.84. The molecule has 4 N–H and O–H groups in total. The van der Waals surface area contributed by atoms with Crippen molar-refractivity contribution in [1.82, 2.24) is 19.5 Å². The second-order valence-electron chi connectivity index (χ2n) is 5.52. The van der Waals surface area contributed by atoms with Gasteiger partial charge in [0.2, 0.25) is 5.95 Å². The Bertz CT molecular complexity index is 655. The molecule has 8 nitrogen and oxygen atoms in total. The van der Waals surface area contributed by atoms with Crippen molar-refractivity contribution in [2.45, 2.75) is 38.7 Å². The molecule has 114 valence electrons. The topological polar surface area (TPSA) is 111 Å². The predicted molar refractivity (Wildman–Crippen MR) is 78.7 cm³/mol. The molecule has 1 aliphatic rings. The van der Waals surface area contributed by atoms with Crippen LogP contribution in [0.25, 0.3) is 11.2 Å². The Labute approximate surface area is 122 Å².